The summed E-state index contributed by atoms with van der Waals surface area (Å²) in [5.41, 5.74) is 0.875. The minimum absolute atomic E-state index is 0.0284. The van der Waals surface area contributed by atoms with Crippen LogP contribution in [-0.4, -0.2) is 45.7 Å². The molecule has 2 N–H and O–H groups in total. The number of aliphatic imine (C=N–C) groups is 1. The van der Waals surface area contributed by atoms with E-state index in [9.17, 15) is 23.2 Å². The molecule has 0 saturated heterocycles. The van der Waals surface area contributed by atoms with E-state index in [1.54, 1.807) is 12.1 Å². The first-order valence-electron chi connectivity index (χ1n) is 14.0. The van der Waals surface area contributed by atoms with Gasteiger partial charge < -0.3 is 15.3 Å². The van der Waals surface area contributed by atoms with Crippen LogP contribution in [0.5, 0.6) is 0 Å². The van der Waals surface area contributed by atoms with Gasteiger partial charge in [0.15, 0.2) is 11.6 Å². The van der Waals surface area contributed by atoms with Gasteiger partial charge in [0.2, 0.25) is 0 Å². The molecule has 2 aliphatic rings. The van der Waals surface area contributed by atoms with Crippen LogP contribution in [0.3, 0.4) is 0 Å². The molecule has 0 aromatic heterocycles. The summed E-state index contributed by atoms with van der Waals surface area (Å²) in [6.45, 7) is 6.48. The van der Waals surface area contributed by atoms with Crippen molar-refractivity contribution >= 4 is 23.5 Å². The summed E-state index contributed by atoms with van der Waals surface area (Å²) >= 11 is 0. The van der Waals surface area contributed by atoms with Crippen LogP contribution in [0, 0.1) is 23.5 Å². The van der Waals surface area contributed by atoms with Gasteiger partial charge in [-0.2, -0.15) is 0 Å². The van der Waals surface area contributed by atoms with Crippen molar-refractivity contribution in [1.29, 1.82) is 0 Å². The molecule has 4 rings (SSSR count). The molecule has 1 aliphatic heterocycles. The Labute approximate surface area is 233 Å². The second-order valence-electron chi connectivity index (χ2n) is 11.2. The number of rotatable bonds is 10. The lowest BCUT2D eigenvalue weighted by Gasteiger charge is -2.46. The third-order valence-electron chi connectivity index (χ3n) is 8.21. The van der Waals surface area contributed by atoms with Crippen molar-refractivity contribution in [1.82, 2.24) is 10.2 Å². The molecule has 0 radical (unpaired) electrons. The van der Waals surface area contributed by atoms with Gasteiger partial charge in [0, 0.05) is 17.7 Å². The second kappa shape index (κ2) is 12.3. The number of hydrogen-bond acceptors (Lipinski definition) is 4. The summed E-state index contributed by atoms with van der Waals surface area (Å²) in [5.74, 6) is -2.63. The van der Waals surface area contributed by atoms with E-state index in [0.717, 1.165) is 37.0 Å². The van der Waals surface area contributed by atoms with Gasteiger partial charge >= 0.3 is 5.97 Å². The highest BCUT2D eigenvalue weighted by Gasteiger charge is 2.52. The van der Waals surface area contributed by atoms with Gasteiger partial charge in [-0.1, -0.05) is 39.3 Å². The normalized spacial score (nSPS) is 21.6. The number of carbonyl (C=O) groups is 3. The maximum atomic E-state index is 14.2. The van der Waals surface area contributed by atoms with E-state index in [4.69, 9.17) is 10.1 Å². The quantitative estimate of drug-likeness (QED) is 0.384. The first kappa shape index (κ1) is 29.4. The van der Waals surface area contributed by atoms with Gasteiger partial charge in [0.1, 0.15) is 11.4 Å². The zero-order valence-corrected chi connectivity index (χ0v) is 23.3. The van der Waals surface area contributed by atoms with Gasteiger partial charge in [-0.15, -0.1) is 0 Å². The summed E-state index contributed by atoms with van der Waals surface area (Å²) in [7, 11) is 0. The molecule has 2 aromatic rings. The van der Waals surface area contributed by atoms with E-state index in [-0.39, 0.29) is 42.1 Å². The molecule has 1 atom stereocenters. The summed E-state index contributed by atoms with van der Waals surface area (Å²) in [4.78, 5) is 44.2. The Morgan fingerprint density at radius 2 is 1.77 bits per heavy atom. The van der Waals surface area contributed by atoms with E-state index in [0.29, 0.717) is 36.7 Å². The molecule has 1 saturated carbocycles. The Morgan fingerprint density at radius 1 is 1.10 bits per heavy atom. The number of halogens is 2. The van der Waals surface area contributed by atoms with Crippen molar-refractivity contribution in [2.75, 3.05) is 6.54 Å². The van der Waals surface area contributed by atoms with Gasteiger partial charge in [0.25, 0.3) is 11.8 Å². The van der Waals surface area contributed by atoms with Crippen LogP contribution in [0.1, 0.15) is 93.2 Å². The van der Waals surface area contributed by atoms with Gasteiger partial charge in [-0.25, -0.2) is 8.78 Å². The Morgan fingerprint density at radius 3 is 2.35 bits per heavy atom. The summed E-state index contributed by atoms with van der Waals surface area (Å²) in [6, 6.07) is 10.1. The van der Waals surface area contributed by atoms with Crippen molar-refractivity contribution in [3.63, 3.8) is 0 Å². The van der Waals surface area contributed by atoms with Crippen molar-refractivity contribution in [3.8, 4) is 0 Å². The van der Waals surface area contributed by atoms with Crippen LogP contribution in [-0.2, 0) is 9.59 Å². The van der Waals surface area contributed by atoms with Crippen molar-refractivity contribution in [2.45, 2.75) is 77.4 Å². The number of hydrogen-bond donors (Lipinski definition) is 2. The highest BCUT2D eigenvalue weighted by atomic mass is 19.2. The Hall–Kier alpha value is -3.62. The number of carboxylic acid groups (broad SMARTS) is 1. The van der Waals surface area contributed by atoms with Crippen molar-refractivity contribution in [3.05, 3.63) is 70.8 Å². The molecule has 1 heterocycles. The number of benzene rings is 2. The van der Waals surface area contributed by atoms with Gasteiger partial charge in [-0.3, -0.25) is 19.4 Å². The maximum Gasteiger partial charge on any atom is 0.305 e. The molecule has 214 valence electrons. The minimum atomic E-state index is -1.02. The van der Waals surface area contributed by atoms with Crippen LogP contribution in [0.2, 0.25) is 0 Å². The Kier molecular flexibility index (Phi) is 9.01. The predicted octanol–water partition coefficient (Wildman–Crippen LogP) is 5.88. The summed E-state index contributed by atoms with van der Waals surface area (Å²) < 4.78 is 27.9. The average Bonchev–Trinajstić information content (AvgIpc) is 3.20. The molecule has 9 heteroatoms. The molecule has 0 bridgehead atoms. The second-order valence-corrected chi connectivity index (χ2v) is 11.2. The van der Waals surface area contributed by atoms with Crippen LogP contribution in [0.25, 0.3) is 0 Å². The highest BCUT2D eigenvalue weighted by molar-refractivity contribution is 6.46. The van der Waals surface area contributed by atoms with Crippen molar-refractivity contribution < 1.29 is 28.3 Å². The van der Waals surface area contributed by atoms with Crippen LogP contribution >= 0.6 is 0 Å². The molecule has 7 nitrogen and oxygen atoms in total. The topological polar surface area (TPSA) is 99.1 Å². The Bertz CT molecular complexity index is 1280. The van der Waals surface area contributed by atoms with Crippen LogP contribution in [0.15, 0.2) is 47.5 Å². The molecule has 2 amide bonds. The molecule has 1 fully saturated rings. The fraction of sp³-hybridized carbons (Fsp3) is 0.484. The molecular weight excluding hydrogens is 516 g/mol. The number of carboxylic acids is 1. The van der Waals surface area contributed by atoms with Crippen LogP contribution in [0.4, 0.5) is 8.78 Å². The number of nitrogens with zero attached hydrogens (tertiary/aromatic N) is 2. The van der Waals surface area contributed by atoms with Crippen LogP contribution < -0.4 is 5.32 Å². The number of aliphatic carboxylic acids is 1. The molecule has 40 heavy (non-hydrogen) atoms. The third kappa shape index (κ3) is 6.08. The molecule has 0 unspecified atom stereocenters. The first-order chi connectivity index (χ1) is 19.1. The monoisotopic (exact) mass is 553 g/mol. The Balaban J connectivity index is 1.67. The fourth-order valence-electron chi connectivity index (χ4n) is 5.96. The average molecular weight is 554 g/mol. The molecule has 2 aromatic carbocycles. The van der Waals surface area contributed by atoms with Gasteiger partial charge in [0.05, 0.1) is 12.5 Å². The highest BCUT2D eigenvalue weighted by Crippen LogP contribution is 2.48. The van der Waals surface area contributed by atoms with E-state index in [2.05, 4.69) is 19.2 Å². The number of carbonyl (C=O) groups excluding carboxylic acids is 2. The SMILES string of the molecule is CCC[C@H](c1ccc(C(=O)NCCC(=O)O)cc1)N1C(=O)C(c2ccc(F)c(F)c2)=NC12CCC(C(C)C)CC2. The maximum absolute atomic E-state index is 14.2. The smallest absolute Gasteiger partial charge is 0.305 e. The lowest BCUT2D eigenvalue weighted by Crippen LogP contribution is -2.51. The molecule has 1 spiro atoms. The summed E-state index contributed by atoms with van der Waals surface area (Å²) in [6.07, 6.45) is 4.45. The molecule has 1 aliphatic carbocycles. The fourth-order valence-corrected chi connectivity index (χ4v) is 5.96. The number of nitrogens with one attached hydrogen (secondary N) is 1. The third-order valence-corrected chi connectivity index (χ3v) is 8.21. The zero-order valence-electron chi connectivity index (χ0n) is 23.3. The predicted molar refractivity (Wildman–Crippen MR) is 148 cm³/mol. The zero-order chi connectivity index (χ0) is 29.0. The number of amides is 2. The largest absolute Gasteiger partial charge is 0.481 e. The van der Waals surface area contributed by atoms with E-state index in [1.165, 1.54) is 6.07 Å². The van der Waals surface area contributed by atoms with E-state index >= 15 is 0 Å². The minimum Gasteiger partial charge on any atom is -0.481 e. The van der Waals surface area contributed by atoms with E-state index < -0.39 is 23.3 Å². The summed E-state index contributed by atoms with van der Waals surface area (Å²) in [5, 5.41) is 11.4. The van der Waals surface area contributed by atoms with Crippen molar-refractivity contribution in [2.24, 2.45) is 16.8 Å². The standard InChI is InChI=1S/C31H37F2N3O4/c1-4-5-26(21-6-8-22(9-7-21)29(39)34-17-14-27(37)38)36-30(40)28(23-10-11-24(32)25(33)18-23)35-31(36)15-12-20(13-16-31)19(2)3/h6-11,18-20,26H,4-5,12-17H2,1-3H3,(H,34,39)(H,37,38)/t20?,26-,31?/m1/s1. The lowest BCUT2D eigenvalue weighted by molar-refractivity contribution is -0.137. The van der Waals surface area contributed by atoms with Gasteiger partial charge in [-0.05, 0) is 79.8 Å². The first-order valence-corrected chi connectivity index (χ1v) is 14.0. The molecular formula is C31H37F2N3O4. The van der Waals surface area contributed by atoms with E-state index in [1.807, 2.05) is 24.0 Å². The lowest BCUT2D eigenvalue weighted by atomic mass is 9.76.